The number of hydrogen-bond acceptors (Lipinski definition) is 2. The van der Waals surface area contributed by atoms with E-state index in [9.17, 15) is 0 Å². The number of halogens is 1. The molecule has 1 aromatic carbocycles. The zero-order chi connectivity index (χ0) is 12.5. The summed E-state index contributed by atoms with van der Waals surface area (Å²) in [5.41, 5.74) is 0.983. The van der Waals surface area contributed by atoms with E-state index >= 15 is 0 Å². The van der Waals surface area contributed by atoms with Crippen molar-refractivity contribution in [3.63, 3.8) is 0 Å². The Hall–Kier alpha value is -0.800. The van der Waals surface area contributed by atoms with Crippen LogP contribution in [0, 0.1) is 5.92 Å². The van der Waals surface area contributed by atoms with Crippen molar-refractivity contribution in [3.8, 4) is 0 Å². The van der Waals surface area contributed by atoms with Crippen molar-refractivity contribution >= 4 is 26.9 Å². The van der Waals surface area contributed by atoms with Crippen molar-refractivity contribution < 1.29 is 4.42 Å². The number of hydrogen-bond donors (Lipinski definition) is 1. The molecule has 18 heavy (non-hydrogen) atoms. The first-order valence-corrected chi connectivity index (χ1v) is 7.49. The second kappa shape index (κ2) is 5.06. The van der Waals surface area contributed by atoms with E-state index in [1.54, 1.807) is 0 Å². The van der Waals surface area contributed by atoms with Crippen molar-refractivity contribution in [3.05, 3.63) is 34.5 Å². The molecule has 2 nitrogen and oxygen atoms in total. The van der Waals surface area contributed by atoms with Gasteiger partial charge in [0.1, 0.15) is 11.3 Å². The van der Waals surface area contributed by atoms with E-state index in [0.717, 1.165) is 34.7 Å². The molecule has 0 amide bonds. The maximum Gasteiger partial charge on any atom is 0.134 e. The van der Waals surface area contributed by atoms with Gasteiger partial charge < -0.3 is 9.73 Å². The standard InChI is InChI=1S/C15H18BrNO/c1-2-7-17-15(10-3-4-10)14-9-11-8-12(16)5-6-13(11)18-14/h5-6,8-10,15,17H,2-4,7H2,1H3. The molecule has 0 radical (unpaired) electrons. The summed E-state index contributed by atoms with van der Waals surface area (Å²) < 4.78 is 7.10. The van der Waals surface area contributed by atoms with E-state index < -0.39 is 0 Å². The number of nitrogens with one attached hydrogen (secondary N) is 1. The lowest BCUT2D eigenvalue weighted by Crippen LogP contribution is -2.23. The summed E-state index contributed by atoms with van der Waals surface area (Å²) in [6.45, 7) is 3.26. The second-order valence-electron chi connectivity index (χ2n) is 5.10. The van der Waals surface area contributed by atoms with Crippen LogP contribution in [0.15, 0.2) is 33.2 Å². The fraction of sp³-hybridized carbons (Fsp3) is 0.467. The first-order valence-electron chi connectivity index (χ1n) is 6.70. The van der Waals surface area contributed by atoms with E-state index in [0.29, 0.717) is 6.04 Å². The predicted octanol–water partition coefficient (Wildman–Crippen LogP) is 4.65. The van der Waals surface area contributed by atoms with Crippen LogP contribution in [0.1, 0.15) is 38.0 Å². The molecule has 0 spiro atoms. The molecule has 2 aromatic rings. The molecule has 3 rings (SSSR count). The highest BCUT2D eigenvalue weighted by Gasteiger charge is 2.33. The Balaban J connectivity index is 1.90. The molecule has 1 aromatic heterocycles. The molecule has 0 saturated heterocycles. The number of benzene rings is 1. The lowest BCUT2D eigenvalue weighted by Gasteiger charge is -2.14. The molecular weight excluding hydrogens is 290 g/mol. The molecule has 1 aliphatic carbocycles. The third kappa shape index (κ3) is 2.47. The third-order valence-corrected chi connectivity index (χ3v) is 4.00. The van der Waals surface area contributed by atoms with Gasteiger partial charge in [0.25, 0.3) is 0 Å². The molecule has 1 heterocycles. The van der Waals surface area contributed by atoms with Crippen LogP contribution in [-0.2, 0) is 0 Å². The van der Waals surface area contributed by atoms with Crippen LogP contribution in [0.2, 0.25) is 0 Å². The Bertz CT molecular complexity index is 544. The highest BCUT2D eigenvalue weighted by Crippen LogP contribution is 2.42. The van der Waals surface area contributed by atoms with Crippen LogP contribution in [0.3, 0.4) is 0 Å². The van der Waals surface area contributed by atoms with Crippen LogP contribution in [0.25, 0.3) is 11.0 Å². The largest absolute Gasteiger partial charge is 0.459 e. The topological polar surface area (TPSA) is 25.2 Å². The van der Waals surface area contributed by atoms with E-state index in [4.69, 9.17) is 4.42 Å². The fourth-order valence-corrected chi connectivity index (χ4v) is 2.80. The molecule has 96 valence electrons. The summed E-state index contributed by atoms with van der Waals surface area (Å²) in [6, 6.07) is 8.77. The van der Waals surface area contributed by atoms with Gasteiger partial charge in [-0.2, -0.15) is 0 Å². The molecule has 0 aliphatic heterocycles. The number of fused-ring (bicyclic) bond motifs is 1. The number of furan rings is 1. The number of rotatable bonds is 5. The second-order valence-corrected chi connectivity index (χ2v) is 6.02. The molecular formula is C15H18BrNO. The van der Waals surface area contributed by atoms with Crippen LogP contribution in [0.5, 0.6) is 0 Å². The van der Waals surface area contributed by atoms with E-state index in [-0.39, 0.29) is 0 Å². The molecule has 1 fully saturated rings. The Morgan fingerprint density at radius 2 is 2.22 bits per heavy atom. The minimum atomic E-state index is 0.399. The summed E-state index contributed by atoms with van der Waals surface area (Å²) in [6.07, 6.45) is 3.80. The van der Waals surface area contributed by atoms with Gasteiger partial charge in [0.2, 0.25) is 0 Å². The first-order chi connectivity index (χ1) is 8.78. The Labute approximate surface area is 116 Å². The van der Waals surface area contributed by atoms with Gasteiger partial charge in [-0.3, -0.25) is 0 Å². The normalized spacial score (nSPS) is 17.2. The molecule has 1 saturated carbocycles. The van der Waals surface area contributed by atoms with Gasteiger partial charge in [0.15, 0.2) is 0 Å². The zero-order valence-electron chi connectivity index (χ0n) is 10.6. The maximum atomic E-state index is 6.00. The third-order valence-electron chi connectivity index (χ3n) is 3.51. The van der Waals surface area contributed by atoms with Crippen molar-refractivity contribution in [2.24, 2.45) is 5.92 Å². The monoisotopic (exact) mass is 307 g/mol. The highest BCUT2D eigenvalue weighted by molar-refractivity contribution is 9.10. The van der Waals surface area contributed by atoms with Crippen LogP contribution in [-0.4, -0.2) is 6.54 Å². The Kier molecular flexibility index (Phi) is 3.44. The summed E-state index contributed by atoms with van der Waals surface area (Å²) in [4.78, 5) is 0. The van der Waals surface area contributed by atoms with Crippen LogP contribution < -0.4 is 5.32 Å². The van der Waals surface area contributed by atoms with Crippen molar-refractivity contribution in [1.29, 1.82) is 0 Å². The Morgan fingerprint density at radius 3 is 2.94 bits per heavy atom. The average Bonchev–Trinajstić information content (AvgIpc) is 3.10. The van der Waals surface area contributed by atoms with Crippen molar-refractivity contribution in [1.82, 2.24) is 5.32 Å². The van der Waals surface area contributed by atoms with E-state index in [2.05, 4.69) is 40.3 Å². The van der Waals surface area contributed by atoms with Gasteiger partial charge in [-0.15, -0.1) is 0 Å². The quantitative estimate of drug-likeness (QED) is 0.870. The van der Waals surface area contributed by atoms with E-state index in [1.807, 2.05) is 12.1 Å². The van der Waals surface area contributed by atoms with Gasteiger partial charge in [-0.1, -0.05) is 22.9 Å². The lowest BCUT2D eigenvalue weighted by molar-refractivity contribution is 0.397. The van der Waals surface area contributed by atoms with Gasteiger partial charge in [0, 0.05) is 9.86 Å². The van der Waals surface area contributed by atoms with Crippen molar-refractivity contribution in [2.75, 3.05) is 6.54 Å². The molecule has 1 N–H and O–H groups in total. The van der Waals surface area contributed by atoms with E-state index in [1.165, 1.54) is 18.2 Å². The van der Waals surface area contributed by atoms with Gasteiger partial charge in [0.05, 0.1) is 6.04 Å². The molecule has 3 heteroatoms. The van der Waals surface area contributed by atoms with Gasteiger partial charge in [-0.25, -0.2) is 0 Å². The highest BCUT2D eigenvalue weighted by atomic mass is 79.9. The fourth-order valence-electron chi connectivity index (χ4n) is 2.42. The smallest absolute Gasteiger partial charge is 0.134 e. The minimum absolute atomic E-state index is 0.399. The maximum absolute atomic E-state index is 6.00. The predicted molar refractivity (Wildman–Crippen MR) is 77.7 cm³/mol. The molecule has 1 unspecified atom stereocenters. The minimum Gasteiger partial charge on any atom is -0.459 e. The van der Waals surface area contributed by atoms with Crippen LogP contribution >= 0.6 is 15.9 Å². The van der Waals surface area contributed by atoms with Gasteiger partial charge in [-0.05, 0) is 56.0 Å². The van der Waals surface area contributed by atoms with Crippen LogP contribution in [0.4, 0.5) is 0 Å². The molecule has 0 bridgehead atoms. The molecule has 1 aliphatic rings. The van der Waals surface area contributed by atoms with Gasteiger partial charge >= 0.3 is 0 Å². The first kappa shape index (κ1) is 12.2. The SMILES string of the molecule is CCCNC(c1cc2cc(Br)ccc2o1)C1CC1. The lowest BCUT2D eigenvalue weighted by atomic mass is 10.1. The Morgan fingerprint density at radius 1 is 1.39 bits per heavy atom. The zero-order valence-corrected chi connectivity index (χ0v) is 12.2. The van der Waals surface area contributed by atoms with Crippen molar-refractivity contribution in [2.45, 2.75) is 32.2 Å². The summed E-state index contributed by atoms with van der Waals surface area (Å²) >= 11 is 3.50. The summed E-state index contributed by atoms with van der Waals surface area (Å²) in [7, 11) is 0. The summed E-state index contributed by atoms with van der Waals surface area (Å²) in [5, 5.41) is 4.80. The average molecular weight is 308 g/mol. The molecule has 1 atom stereocenters. The summed E-state index contributed by atoms with van der Waals surface area (Å²) in [5.74, 6) is 1.86.